The Bertz CT molecular complexity index is 765. The molecule has 0 saturated carbocycles. The summed E-state index contributed by atoms with van der Waals surface area (Å²) < 4.78 is 20.6. The van der Waals surface area contributed by atoms with Crippen LogP contribution in [0.25, 0.3) is 11.0 Å². The highest BCUT2D eigenvalue weighted by Gasteiger charge is 2.11. The van der Waals surface area contributed by atoms with Crippen molar-refractivity contribution in [2.45, 2.75) is 13.0 Å². The Kier molecular flexibility index (Phi) is 3.48. The number of nitrogen functional groups attached to an aromatic ring is 1. The van der Waals surface area contributed by atoms with Gasteiger partial charge in [0, 0.05) is 6.54 Å². The van der Waals surface area contributed by atoms with Crippen LogP contribution in [0.15, 0.2) is 42.5 Å². The predicted octanol–water partition coefficient (Wildman–Crippen LogP) is 3.01. The van der Waals surface area contributed by atoms with Crippen molar-refractivity contribution >= 4 is 17.0 Å². The fraction of sp³-hybridized carbons (Fsp3) is 0.188. The second kappa shape index (κ2) is 5.44. The van der Waals surface area contributed by atoms with Crippen molar-refractivity contribution in [3.05, 3.63) is 53.8 Å². The van der Waals surface area contributed by atoms with Crippen LogP contribution in [0.1, 0.15) is 5.56 Å². The van der Waals surface area contributed by atoms with Crippen molar-refractivity contribution in [2.75, 3.05) is 12.8 Å². The lowest BCUT2D eigenvalue weighted by atomic mass is 10.1. The van der Waals surface area contributed by atoms with E-state index in [-0.39, 0.29) is 5.82 Å². The Morgan fingerprint density at radius 2 is 1.95 bits per heavy atom. The number of imidazole rings is 1. The molecule has 0 aliphatic heterocycles. The van der Waals surface area contributed by atoms with Gasteiger partial charge in [-0.2, -0.15) is 0 Å². The van der Waals surface area contributed by atoms with Crippen LogP contribution in [0, 0.1) is 5.82 Å². The zero-order chi connectivity index (χ0) is 14.8. The lowest BCUT2D eigenvalue weighted by molar-refractivity contribution is 0.414. The first-order valence-electron chi connectivity index (χ1n) is 6.72. The summed E-state index contributed by atoms with van der Waals surface area (Å²) in [5, 5.41) is 0. The number of aryl methyl sites for hydroxylation is 2. The van der Waals surface area contributed by atoms with Crippen LogP contribution in [0.5, 0.6) is 5.75 Å². The molecule has 0 spiro atoms. The van der Waals surface area contributed by atoms with Crippen LogP contribution in [-0.4, -0.2) is 16.7 Å². The highest BCUT2D eigenvalue weighted by molar-refractivity contribution is 5.78. The third-order valence-electron chi connectivity index (χ3n) is 3.54. The molecule has 0 aliphatic carbocycles. The molecule has 2 aromatic carbocycles. The Labute approximate surface area is 122 Å². The van der Waals surface area contributed by atoms with Crippen LogP contribution < -0.4 is 10.5 Å². The van der Waals surface area contributed by atoms with Gasteiger partial charge in [0.15, 0.2) is 5.82 Å². The number of hydrogen-bond acceptors (Lipinski definition) is 3. The molecule has 108 valence electrons. The van der Waals surface area contributed by atoms with Gasteiger partial charge in [-0.3, -0.25) is 0 Å². The molecule has 4 nitrogen and oxygen atoms in total. The summed E-state index contributed by atoms with van der Waals surface area (Å²) in [5.41, 5.74) is 8.10. The maximum absolute atomic E-state index is 13.7. The van der Waals surface area contributed by atoms with Crippen LogP contribution in [0.4, 0.5) is 10.3 Å². The van der Waals surface area contributed by atoms with Crippen LogP contribution in [0.2, 0.25) is 0 Å². The third kappa shape index (κ3) is 2.54. The summed E-state index contributed by atoms with van der Waals surface area (Å²) in [6.07, 6.45) is 0.788. The summed E-state index contributed by atoms with van der Waals surface area (Å²) in [7, 11) is 1.64. The minimum atomic E-state index is -0.345. The standard InChI is InChI=1S/C16H16FN3O/c1-21-12-7-5-11(6-8-12)9-10-20-14-4-2-3-13(17)15(14)19-16(20)18/h2-8H,9-10H2,1H3,(H2,18,19). The predicted molar refractivity (Wildman–Crippen MR) is 80.8 cm³/mol. The molecule has 0 atom stereocenters. The van der Waals surface area contributed by atoms with Crippen LogP contribution in [0.3, 0.4) is 0 Å². The molecule has 0 fully saturated rings. The number of ether oxygens (including phenoxy) is 1. The van der Waals surface area contributed by atoms with Gasteiger partial charge >= 0.3 is 0 Å². The second-order valence-corrected chi connectivity index (χ2v) is 4.83. The van der Waals surface area contributed by atoms with Crippen LogP contribution in [-0.2, 0) is 13.0 Å². The van der Waals surface area contributed by atoms with E-state index in [4.69, 9.17) is 10.5 Å². The van der Waals surface area contributed by atoms with E-state index >= 15 is 0 Å². The van der Waals surface area contributed by atoms with Gasteiger partial charge in [-0.15, -0.1) is 0 Å². The first kappa shape index (κ1) is 13.4. The number of rotatable bonds is 4. The molecule has 0 saturated heterocycles. The molecule has 0 amide bonds. The van der Waals surface area contributed by atoms with Crippen molar-refractivity contribution in [3.63, 3.8) is 0 Å². The first-order chi connectivity index (χ1) is 10.2. The Balaban J connectivity index is 1.84. The van der Waals surface area contributed by atoms with E-state index in [9.17, 15) is 4.39 Å². The summed E-state index contributed by atoms with van der Waals surface area (Å²) >= 11 is 0. The largest absolute Gasteiger partial charge is 0.497 e. The zero-order valence-corrected chi connectivity index (χ0v) is 11.7. The number of nitrogens with zero attached hydrogens (tertiary/aromatic N) is 2. The number of halogens is 1. The average molecular weight is 285 g/mol. The molecule has 3 aromatic rings. The maximum atomic E-state index is 13.7. The molecule has 3 rings (SSSR count). The average Bonchev–Trinajstić information content (AvgIpc) is 2.83. The summed E-state index contributed by atoms with van der Waals surface area (Å²) in [6.45, 7) is 0.651. The van der Waals surface area contributed by atoms with Crippen molar-refractivity contribution in [3.8, 4) is 5.75 Å². The quantitative estimate of drug-likeness (QED) is 0.801. The highest BCUT2D eigenvalue weighted by Crippen LogP contribution is 2.21. The monoisotopic (exact) mass is 285 g/mol. The number of fused-ring (bicyclic) bond motifs is 1. The Morgan fingerprint density at radius 1 is 1.19 bits per heavy atom. The van der Waals surface area contributed by atoms with Crippen molar-refractivity contribution < 1.29 is 9.13 Å². The van der Waals surface area contributed by atoms with E-state index in [1.54, 1.807) is 13.2 Å². The van der Waals surface area contributed by atoms with Gasteiger partial charge in [0.25, 0.3) is 0 Å². The van der Waals surface area contributed by atoms with E-state index < -0.39 is 0 Å². The number of anilines is 1. The van der Waals surface area contributed by atoms with Gasteiger partial charge in [0.1, 0.15) is 11.3 Å². The SMILES string of the molecule is COc1ccc(CCn2c(N)nc3c(F)cccc32)cc1. The molecular formula is C16H16FN3O. The van der Waals surface area contributed by atoms with Gasteiger partial charge < -0.3 is 15.0 Å². The van der Waals surface area contributed by atoms with Crippen LogP contribution >= 0.6 is 0 Å². The number of aromatic nitrogens is 2. The number of methoxy groups -OCH3 is 1. The number of nitrogens with two attached hydrogens (primary N) is 1. The van der Waals surface area contributed by atoms with Gasteiger partial charge in [0.2, 0.25) is 5.95 Å². The molecule has 2 N–H and O–H groups in total. The Hall–Kier alpha value is -2.56. The van der Waals surface area contributed by atoms with E-state index in [0.29, 0.717) is 18.0 Å². The van der Waals surface area contributed by atoms with Crippen molar-refractivity contribution in [1.82, 2.24) is 9.55 Å². The topological polar surface area (TPSA) is 53.1 Å². The number of hydrogen-bond donors (Lipinski definition) is 1. The number of benzene rings is 2. The molecule has 1 aromatic heterocycles. The molecule has 21 heavy (non-hydrogen) atoms. The summed E-state index contributed by atoms with van der Waals surface area (Å²) in [6, 6.07) is 12.7. The van der Waals surface area contributed by atoms with E-state index in [2.05, 4.69) is 4.98 Å². The van der Waals surface area contributed by atoms with Gasteiger partial charge in [0.05, 0.1) is 12.6 Å². The molecule has 0 aliphatic rings. The minimum absolute atomic E-state index is 0.324. The summed E-state index contributed by atoms with van der Waals surface area (Å²) in [5.74, 6) is 0.819. The minimum Gasteiger partial charge on any atom is -0.497 e. The second-order valence-electron chi connectivity index (χ2n) is 4.83. The molecule has 0 radical (unpaired) electrons. The lowest BCUT2D eigenvalue weighted by Gasteiger charge is -2.07. The van der Waals surface area contributed by atoms with E-state index in [0.717, 1.165) is 23.3 Å². The molecular weight excluding hydrogens is 269 g/mol. The summed E-state index contributed by atoms with van der Waals surface area (Å²) in [4.78, 5) is 4.10. The smallest absolute Gasteiger partial charge is 0.201 e. The van der Waals surface area contributed by atoms with Crippen molar-refractivity contribution in [2.24, 2.45) is 0 Å². The molecule has 0 unspecified atom stereocenters. The molecule has 1 heterocycles. The number of para-hydroxylation sites is 1. The highest BCUT2D eigenvalue weighted by atomic mass is 19.1. The molecule has 5 heteroatoms. The van der Waals surface area contributed by atoms with Gasteiger partial charge in [-0.1, -0.05) is 18.2 Å². The zero-order valence-electron chi connectivity index (χ0n) is 11.7. The van der Waals surface area contributed by atoms with Gasteiger partial charge in [-0.05, 0) is 36.2 Å². The Morgan fingerprint density at radius 3 is 2.67 bits per heavy atom. The normalized spacial score (nSPS) is 11.0. The third-order valence-corrected chi connectivity index (χ3v) is 3.54. The lowest BCUT2D eigenvalue weighted by Crippen LogP contribution is -2.05. The first-order valence-corrected chi connectivity index (χ1v) is 6.72. The van der Waals surface area contributed by atoms with E-state index in [1.165, 1.54) is 6.07 Å². The fourth-order valence-electron chi connectivity index (χ4n) is 2.40. The maximum Gasteiger partial charge on any atom is 0.201 e. The molecule has 0 bridgehead atoms. The van der Waals surface area contributed by atoms with Crippen molar-refractivity contribution in [1.29, 1.82) is 0 Å². The van der Waals surface area contributed by atoms with Gasteiger partial charge in [-0.25, -0.2) is 9.37 Å². The fourth-order valence-corrected chi connectivity index (χ4v) is 2.40. The van der Waals surface area contributed by atoms with E-state index in [1.807, 2.05) is 34.9 Å².